The summed E-state index contributed by atoms with van der Waals surface area (Å²) in [5, 5.41) is 3.28. The zero-order chi connectivity index (χ0) is 19.1. The van der Waals surface area contributed by atoms with E-state index in [9.17, 15) is 9.59 Å². The summed E-state index contributed by atoms with van der Waals surface area (Å²) in [7, 11) is 0. The Morgan fingerprint density at radius 3 is 2.81 bits per heavy atom. The third-order valence-electron chi connectivity index (χ3n) is 4.00. The molecule has 0 atom stereocenters. The number of amides is 1. The summed E-state index contributed by atoms with van der Waals surface area (Å²) in [6.45, 7) is 1.55. The fraction of sp³-hybridized carbons (Fsp3) is 0.250. The van der Waals surface area contributed by atoms with Crippen molar-refractivity contribution in [2.45, 2.75) is 19.6 Å². The van der Waals surface area contributed by atoms with Gasteiger partial charge in [-0.15, -0.1) is 0 Å². The second-order valence-corrected chi connectivity index (χ2v) is 7.00. The second-order valence-electron chi connectivity index (χ2n) is 6.08. The van der Waals surface area contributed by atoms with Gasteiger partial charge in [-0.2, -0.15) is 0 Å². The highest BCUT2D eigenvalue weighted by Crippen LogP contribution is 2.14. The minimum atomic E-state index is -0.234. The van der Waals surface area contributed by atoms with E-state index in [-0.39, 0.29) is 18.0 Å². The van der Waals surface area contributed by atoms with Crippen molar-refractivity contribution in [3.63, 3.8) is 0 Å². The van der Waals surface area contributed by atoms with Gasteiger partial charge in [-0.25, -0.2) is 4.98 Å². The molecule has 1 aromatic heterocycles. The lowest BCUT2D eigenvalue weighted by Gasteiger charge is -2.08. The Hall–Kier alpha value is -2.51. The molecule has 1 N–H and O–H groups in total. The van der Waals surface area contributed by atoms with E-state index in [1.54, 1.807) is 12.1 Å². The molecule has 1 heterocycles. The Morgan fingerprint density at radius 2 is 2.00 bits per heavy atom. The van der Waals surface area contributed by atoms with E-state index in [4.69, 9.17) is 4.74 Å². The molecule has 7 heteroatoms. The molecule has 2 aromatic carbocycles. The van der Waals surface area contributed by atoms with Gasteiger partial charge in [0.25, 0.3) is 5.56 Å². The molecule has 0 fully saturated rings. The second kappa shape index (κ2) is 9.43. The predicted octanol–water partition coefficient (Wildman–Crippen LogP) is 2.88. The van der Waals surface area contributed by atoms with Crippen molar-refractivity contribution in [1.29, 1.82) is 0 Å². The fourth-order valence-corrected chi connectivity index (χ4v) is 2.98. The lowest BCUT2D eigenvalue weighted by Crippen LogP contribution is -2.33. The molecule has 0 saturated carbocycles. The van der Waals surface area contributed by atoms with Crippen molar-refractivity contribution < 1.29 is 9.53 Å². The molecule has 0 spiro atoms. The van der Waals surface area contributed by atoms with E-state index >= 15 is 0 Å². The highest BCUT2D eigenvalue weighted by molar-refractivity contribution is 9.10. The van der Waals surface area contributed by atoms with Gasteiger partial charge in [-0.3, -0.25) is 14.2 Å². The van der Waals surface area contributed by atoms with Crippen molar-refractivity contribution in [3.05, 3.63) is 75.2 Å². The summed E-state index contributed by atoms with van der Waals surface area (Å²) in [6, 6.07) is 15.2. The molecule has 0 aliphatic rings. The monoisotopic (exact) mass is 429 g/mol. The van der Waals surface area contributed by atoms with Crippen molar-refractivity contribution in [2.24, 2.45) is 0 Å². The Bertz CT molecular complexity index is 973. The highest BCUT2D eigenvalue weighted by atomic mass is 79.9. The van der Waals surface area contributed by atoms with Crippen LogP contribution in [0.4, 0.5) is 0 Å². The molecule has 0 radical (unpaired) electrons. The average Bonchev–Trinajstić information content (AvgIpc) is 2.68. The molecular weight excluding hydrogens is 410 g/mol. The van der Waals surface area contributed by atoms with E-state index in [1.165, 1.54) is 10.9 Å². The summed E-state index contributed by atoms with van der Waals surface area (Å²) >= 11 is 3.34. The van der Waals surface area contributed by atoms with Crippen LogP contribution in [0.3, 0.4) is 0 Å². The molecule has 0 saturated heterocycles. The number of halogens is 1. The zero-order valence-electron chi connectivity index (χ0n) is 14.7. The van der Waals surface area contributed by atoms with Gasteiger partial charge in [0.15, 0.2) is 0 Å². The van der Waals surface area contributed by atoms with Crippen LogP contribution in [0.2, 0.25) is 0 Å². The molecule has 0 bridgehead atoms. The first kappa shape index (κ1) is 19.3. The summed E-state index contributed by atoms with van der Waals surface area (Å²) in [4.78, 5) is 28.8. The highest BCUT2D eigenvalue weighted by Gasteiger charge is 2.08. The van der Waals surface area contributed by atoms with Gasteiger partial charge in [-0.1, -0.05) is 46.3 Å². The molecule has 3 aromatic rings. The van der Waals surface area contributed by atoms with E-state index < -0.39 is 0 Å². The molecule has 0 aliphatic heterocycles. The number of ether oxygens (including phenoxy) is 1. The SMILES string of the molecule is O=C(Cn1cnc2ccc(Br)cc2c1=O)NCCCOCc1ccccc1. The van der Waals surface area contributed by atoms with Gasteiger partial charge >= 0.3 is 0 Å². The van der Waals surface area contributed by atoms with Crippen LogP contribution in [0.5, 0.6) is 0 Å². The molecule has 27 heavy (non-hydrogen) atoms. The van der Waals surface area contributed by atoms with Crippen molar-refractivity contribution in [2.75, 3.05) is 13.2 Å². The van der Waals surface area contributed by atoms with Crippen LogP contribution >= 0.6 is 15.9 Å². The van der Waals surface area contributed by atoms with E-state index in [2.05, 4.69) is 26.2 Å². The van der Waals surface area contributed by atoms with Crippen molar-refractivity contribution >= 4 is 32.7 Å². The third kappa shape index (κ3) is 5.48. The zero-order valence-corrected chi connectivity index (χ0v) is 16.3. The van der Waals surface area contributed by atoms with E-state index in [0.29, 0.717) is 37.1 Å². The number of nitrogens with zero attached hydrogens (tertiary/aromatic N) is 2. The first-order valence-corrected chi connectivity index (χ1v) is 9.46. The quantitative estimate of drug-likeness (QED) is 0.558. The standard InChI is InChI=1S/C20H20BrN3O3/c21-16-7-8-18-17(11-16)20(26)24(14-23-18)12-19(25)22-9-4-10-27-13-15-5-2-1-3-6-15/h1-3,5-8,11,14H,4,9-10,12-13H2,(H,22,25). The van der Waals surface area contributed by atoms with Crippen molar-refractivity contribution in [3.8, 4) is 0 Å². The third-order valence-corrected chi connectivity index (χ3v) is 4.49. The number of rotatable bonds is 8. The maximum atomic E-state index is 12.5. The number of fused-ring (bicyclic) bond motifs is 1. The Kier molecular flexibility index (Phi) is 6.73. The van der Waals surface area contributed by atoms with Crippen LogP contribution in [-0.4, -0.2) is 28.6 Å². The molecule has 140 valence electrons. The minimum Gasteiger partial charge on any atom is -0.377 e. The number of aromatic nitrogens is 2. The number of benzene rings is 2. The maximum absolute atomic E-state index is 12.5. The number of carbonyl (C=O) groups is 1. The first-order chi connectivity index (χ1) is 13.1. The Morgan fingerprint density at radius 1 is 1.19 bits per heavy atom. The Balaban J connectivity index is 1.43. The number of hydrogen-bond donors (Lipinski definition) is 1. The van der Waals surface area contributed by atoms with Crippen LogP contribution < -0.4 is 10.9 Å². The van der Waals surface area contributed by atoms with Crippen LogP contribution in [0, 0.1) is 0 Å². The molecule has 3 rings (SSSR count). The lowest BCUT2D eigenvalue weighted by molar-refractivity contribution is -0.121. The summed E-state index contributed by atoms with van der Waals surface area (Å²) in [6.07, 6.45) is 2.11. The summed E-state index contributed by atoms with van der Waals surface area (Å²) < 4.78 is 7.69. The minimum absolute atomic E-state index is 0.0564. The van der Waals surface area contributed by atoms with Crippen LogP contribution in [0.25, 0.3) is 10.9 Å². The number of hydrogen-bond acceptors (Lipinski definition) is 4. The molecule has 1 amide bonds. The van der Waals surface area contributed by atoms with Gasteiger partial charge in [0.05, 0.1) is 23.8 Å². The van der Waals surface area contributed by atoms with E-state index in [0.717, 1.165) is 10.0 Å². The lowest BCUT2D eigenvalue weighted by atomic mass is 10.2. The number of carbonyl (C=O) groups excluding carboxylic acids is 1. The summed E-state index contributed by atoms with van der Waals surface area (Å²) in [5.41, 5.74) is 1.49. The number of nitrogens with one attached hydrogen (secondary N) is 1. The van der Waals surface area contributed by atoms with Crippen molar-refractivity contribution in [1.82, 2.24) is 14.9 Å². The average molecular weight is 430 g/mol. The fourth-order valence-electron chi connectivity index (χ4n) is 2.62. The van der Waals surface area contributed by atoms with Crippen LogP contribution in [0.15, 0.2) is 64.1 Å². The van der Waals surface area contributed by atoms with Crippen LogP contribution in [0.1, 0.15) is 12.0 Å². The van der Waals surface area contributed by atoms with Gasteiger partial charge in [-0.05, 0) is 30.2 Å². The van der Waals surface area contributed by atoms with Crippen LogP contribution in [-0.2, 0) is 22.7 Å². The topological polar surface area (TPSA) is 73.2 Å². The smallest absolute Gasteiger partial charge is 0.261 e. The molecular formula is C20H20BrN3O3. The van der Waals surface area contributed by atoms with Gasteiger partial charge < -0.3 is 10.1 Å². The normalized spacial score (nSPS) is 10.9. The van der Waals surface area contributed by atoms with Gasteiger partial charge in [0.2, 0.25) is 5.91 Å². The largest absolute Gasteiger partial charge is 0.377 e. The predicted molar refractivity (Wildman–Crippen MR) is 107 cm³/mol. The molecule has 6 nitrogen and oxygen atoms in total. The summed E-state index contributed by atoms with van der Waals surface area (Å²) in [5.74, 6) is -0.226. The molecule has 0 unspecified atom stereocenters. The van der Waals surface area contributed by atoms with Gasteiger partial charge in [0, 0.05) is 17.6 Å². The molecule has 0 aliphatic carbocycles. The maximum Gasteiger partial charge on any atom is 0.261 e. The van der Waals surface area contributed by atoms with Gasteiger partial charge in [0.1, 0.15) is 6.54 Å². The Labute approximate surface area is 165 Å². The first-order valence-electron chi connectivity index (χ1n) is 8.66. The van der Waals surface area contributed by atoms with E-state index in [1.807, 2.05) is 36.4 Å².